The molecule has 4 rings (SSSR count). The predicted molar refractivity (Wildman–Crippen MR) is 131 cm³/mol. The Bertz CT molecular complexity index is 1310. The molecule has 1 amide bonds. The molecule has 7 heteroatoms. The van der Waals surface area contributed by atoms with Crippen molar-refractivity contribution in [2.24, 2.45) is 0 Å². The molecule has 34 heavy (non-hydrogen) atoms. The van der Waals surface area contributed by atoms with Crippen LogP contribution in [0.5, 0.6) is 5.75 Å². The average Bonchev–Trinajstić information content (AvgIpc) is 3.23. The highest BCUT2D eigenvalue weighted by Crippen LogP contribution is 2.33. The number of aromatic nitrogens is 2. The maximum Gasteiger partial charge on any atom is 0.337 e. The van der Waals surface area contributed by atoms with Crippen LogP contribution in [0.3, 0.4) is 0 Å². The standard InChI is InChI=1S/C27H27N3O4/c1-17(2)28-26(31)24(18-13-15-21(33-3)16-14-18)30-23-8-6-5-7-22(23)29-25(30)19-9-11-20(12-10-19)27(32)34-4/h5-17,24H,1-4H3,(H,28,31). The number of methoxy groups -OCH3 is 2. The third-order valence-corrected chi connectivity index (χ3v) is 5.53. The number of imidazole rings is 1. The minimum atomic E-state index is -0.670. The lowest BCUT2D eigenvalue weighted by atomic mass is 10.0. The summed E-state index contributed by atoms with van der Waals surface area (Å²) in [5, 5.41) is 3.05. The van der Waals surface area contributed by atoms with Crippen LogP contribution in [0.15, 0.2) is 72.8 Å². The van der Waals surface area contributed by atoms with E-state index in [2.05, 4.69) is 5.32 Å². The van der Waals surface area contributed by atoms with E-state index in [4.69, 9.17) is 14.5 Å². The van der Waals surface area contributed by atoms with Crippen LogP contribution < -0.4 is 10.1 Å². The Morgan fingerprint density at radius 2 is 1.59 bits per heavy atom. The third-order valence-electron chi connectivity index (χ3n) is 5.53. The molecule has 1 atom stereocenters. The summed E-state index contributed by atoms with van der Waals surface area (Å²) in [6, 6.07) is 21.5. The summed E-state index contributed by atoms with van der Waals surface area (Å²) in [6.45, 7) is 3.86. The highest BCUT2D eigenvalue weighted by atomic mass is 16.5. The molecular weight excluding hydrogens is 430 g/mol. The summed E-state index contributed by atoms with van der Waals surface area (Å²) in [7, 11) is 2.96. The number of ether oxygens (including phenoxy) is 2. The number of para-hydroxylation sites is 2. The average molecular weight is 458 g/mol. The van der Waals surface area contributed by atoms with Gasteiger partial charge in [0.25, 0.3) is 0 Å². The highest BCUT2D eigenvalue weighted by Gasteiger charge is 2.28. The number of carbonyl (C=O) groups is 2. The van der Waals surface area contributed by atoms with Gasteiger partial charge in [-0.3, -0.25) is 4.79 Å². The second-order valence-corrected chi connectivity index (χ2v) is 8.20. The molecule has 7 nitrogen and oxygen atoms in total. The summed E-state index contributed by atoms with van der Waals surface area (Å²) in [5.74, 6) is 0.779. The first-order valence-electron chi connectivity index (χ1n) is 11.0. The van der Waals surface area contributed by atoms with Crippen LogP contribution in [0.1, 0.15) is 35.8 Å². The van der Waals surface area contributed by atoms with E-state index >= 15 is 0 Å². The van der Waals surface area contributed by atoms with Crippen molar-refractivity contribution in [1.29, 1.82) is 0 Å². The maximum absolute atomic E-state index is 13.6. The summed E-state index contributed by atoms with van der Waals surface area (Å²) in [4.78, 5) is 30.3. The molecule has 0 spiro atoms. The van der Waals surface area contributed by atoms with Gasteiger partial charge in [0.2, 0.25) is 5.91 Å². The maximum atomic E-state index is 13.6. The van der Waals surface area contributed by atoms with Gasteiger partial charge >= 0.3 is 5.97 Å². The van der Waals surface area contributed by atoms with Crippen LogP contribution in [0.2, 0.25) is 0 Å². The molecule has 0 saturated carbocycles. The topological polar surface area (TPSA) is 82.5 Å². The lowest BCUT2D eigenvalue weighted by molar-refractivity contribution is -0.123. The number of hydrogen-bond donors (Lipinski definition) is 1. The monoisotopic (exact) mass is 457 g/mol. The molecule has 0 aliphatic rings. The third kappa shape index (κ3) is 4.50. The van der Waals surface area contributed by atoms with Gasteiger partial charge in [0, 0.05) is 11.6 Å². The van der Waals surface area contributed by atoms with Gasteiger partial charge in [-0.05, 0) is 55.8 Å². The van der Waals surface area contributed by atoms with Gasteiger partial charge in [-0.2, -0.15) is 0 Å². The molecule has 174 valence electrons. The molecule has 0 fully saturated rings. The van der Waals surface area contributed by atoms with Gasteiger partial charge in [-0.25, -0.2) is 9.78 Å². The molecule has 3 aromatic carbocycles. The van der Waals surface area contributed by atoms with E-state index in [-0.39, 0.29) is 11.9 Å². The Balaban J connectivity index is 1.92. The fraction of sp³-hybridized carbons (Fsp3) is 0.222. The number of amides is 1. The van der Waals surface area contributed by atoms with E-state index in [9.17, 15) is 9.59 Å². The Kier molecular flexibility index (Phi) is 6.63. The van der Waals surface area contributed by atoms with Crippen LogP contribution >= 0.6 is 0 Å². The smallest absolute Gasteiger partial charge is 0.337 e. The number of esters is 1. The van der Waals surface area contributed by atoms with Crippen molar-refractivity contribution in [3.8, 4) is 17.1 Å². The number of nitrogens with zero attached hydrogens (tertiary/aromatic N) is 2. The molecule has 0 radical (unpaired) electrons. The number of rotatable bonds is 7. The van der Waals surface area contributed by atoms with Crippen molar-refractivity contribution in [2.75, 3.05) is 14.2 Å². The Hall–Kier alpha value is -4.13. The molecular formula is C27H27N3O4. The quantitative estimate of drug-likeness (QED) is 0.410. The molecule has 1 N–H and O–H groups in total. The van der Waals surface area contributed by atoms with E-state index in [0.29, 0.717) is 17.1 Å². The zero-order valence-corrected chi connectivity index (χ0v) is 19.6. The van der Waals surface area contributed by atoms with Crippen molar-refractivity contribution in [1.82, 2.24) is 14.9 Å². The Morgan fingerprint density at radius 3 is 2.21 bits per heavy atom. The van der Waals surface area contributed by atoms with Crippen LogP contribution in [0.25, 0.3) is 22.4 Å². The van der Waals surface area contributed by atoms with Crippen LogP contribution in [-0.2, 0) is 9.53 Å². The number of benzene rings is 3. The van der Waals surface area contributed by atoms with E-state index in [1.165, 1.54) is 7.11 Å². The molecule has 1 heterocycles. The predicted octanol–water partition coefficient (Wildman–Crippen LogP) is 4.61. The summed E-state index contributed by atoms with van der Waals surface area (Å²) in [5.41, 5.74) is 3.62. The molecule has 4 aromatic rings. The molecule has 0 saturated heterocycles. The second-order valence-electron chi connectivity index (χ2n) is 8.20. The SMILES string of the molecule is COC(=O)c1ccc(-c2nc3ccccc3n2C(C(=O)NC(C)C)c2ccc(OC)cc2)cc1. The molecule has 1 aromatic heterocycles. The van der Waals surface area contributed by atoms with E-state index in [1.807, 2.05) is 79.1 Å². The molecule has 0 aliphatic heterocycles. The van der Waals surface area contributed by atoms with Gasteiger partial charge < -0.3 is 19.4 Å². The Labute approximate surface area is 198 Å². The number of fused-ring (bicyclic) bond motifs is 1. The van der Waals surface area contributed by atoms with E-state index in [1.54, 1.807) is 19.2 Å². The molecule has 1 unspecified atom stereocenters. The fourth-order valence-electron chi connectivity index (χ4n) is 3.95. The normalized spacial score (nSPS) is 11.9. The van der Waals surface area contributed by atoms with Crippen molar-refractivity contribution in [3.63, 3.8) is 0 Å². The molecule has 0 aliphatic carbocycles. The lowest BCUT2D eigenvalue weighted by Gasteiger charge is -2.23. The summed E-state index contributed by atoms with van der Waals surface area (Å²) in [6.07, 6.45) is 0. The number of carbonyl (C=O) groups excluding carboxylic acids is 2. The number of hydrogen-bond acceptors (Lipinski definition) is 5. The van der Waals surface area contributed by atoms with Gasteiger partial charge in [0.05, 0.1) is 30.8 Å². The zero-order valence-electron chi connectivity index (χ0n) is 19.6. The minimum Gasteiger partial charge on any atom is -0.497 e. The lowest BCUT2D eigenvalue weighted by Crippen LogP contribution is -2.37. The first kappa shape index (κ1) is 23.0. The first-order valence-corrected chi connectivity index (χ1v) is 11.0. The van der Waals surface area contributed by atoms with Crippen molar-refractivity contribution < 1.29 is 19.1 Å². The van der Waals surface area contributed by atoms with Crippen molar-refractivity contribution in [2.45, 2.75) is 25.9 Å². The summed E-state index contributed by atoms with van der Waals surface area (Å²) < 4.78 is 12.1. The first-order chi connectivity index (χ1) is 16.4. The van der Waals surface area contributed by atoms with E-state index in [0.717, 1.165) is 22.2 Å². The fourth-order valence-corrected chi connectivity index (χ4v) is 3.95. The van der Waals surface area contributed by atoms with Gasteiger partial charge in [0.15, 0.2) is 0 Å². The van der Waals surface area contributed by atoms with Crippen LogP contribution in [-0.4, -0.2) is 41.7 Å². The second kappa shape index (κ2) is 9.79. The number of nitrogens with one attached hydrogen (secondary N) is 1. The van der Waals surface area contributed by atoms with Gasteiger partial charge in [-0.15, -0.1) is 0 Å². The minimum absolute atomic E-state index is 0.0363. The zero-order chi connectivity index (χ0) is 24.2. The van der Waals surface area contributed by atoms with Gasteiger partial charge in [0.1, 0.15) is 17.6 Å². The Morgan fingerprint density at radius 1 is 0.912 bits per heavy atom. The summed E-state index contributed by atoms with van der Waals surface area (Å²) >= 11 is 0. The molecule has 0 bridgehead atoms. The van der Waals surface area contributed by atoms with Crippen molar-refractivity contribution >= 4 is 22.9 Å². The van der Waals surface area contributed by atoms with Gasteiger partial charge in [-0.1, -0.05) is 36.4 Å². The van der Waals surface area contributed by atoms with Crippen molar-refractivity contribution in [3.05, 3.63) is 83.9 Å². The van der Waals surface area contributed by atoms with Crippen LogP contribution in [0.4, 0.5) is 0 Å². The van der Waals surface area contributed by atoms with E-state index < -0.39 is 12.0 Å². The highest BCUT2D eigenvalue weighted by molar-refractivity contribution is 5.91. The largest absolute Gasteiger partial charge is 0.497 e. The van der Waals surface area contributed by atoms with Crippen LogP contribution in [0, 0.1) is 0 Å².